The second kappa shape index (κ2) is 11.0. The van der Waals surface area contributed by atoms with Crippen LogP contribution in [0.15, 0.2) is 185 Å². The number of rotatable bonds is 5. The highest BCUT2D eigenvalue weighted by Crippen LogP contribution is 2.48. The largest absolute Gasteiger partial charge is 0.456 e. The average Bonchev–Trinajstić information content (AvgIpc) is 3.73. The molecule has 0 radical (unpaired) electrons. The van der Waals surface area contributed by atoms with Crippen LogP contribution in [0.3, 0.4) is 0 Å². The fourth-order valence-electron chi connectivity index (χ4n) is 7.42. The van der Waals surface area contributed by atoms with Crippen molar-refractivity contribution in [1.29, 1.82) is 0 Å². The fraction of sp³-hybridized carbons (Fsp3) is 0. The van der Waals surface area contributed by atoms with E-state index in [2.05, 4.69) is 169 Å². The van der Waals surface area contributed by atoms with Crippen LogP contribution in [0.2, 0.25) is 0 Å². The molecular formula is C46H29NO2. The summed E-state index contributed by atoms with van der Waals surface area (Å²) in [7, 11) is 0. The number of para-hydroxylation sites is 2. The Morgan fingerprint density at radius 1 is 0.347 bits per heavy atom. The lowest BCUT2D eigenvalue weighted by atomic mass is 9.95. The summed E-state index contributed by atoms with van der Waals surface area (Å²) in [5.41, 5.74) is 11.3. The zero-order chi connectivity index (χ0) is 32.3. The fourth-order valence-corrected chi connectivity index (χ4v) is 7.42. The third-order valence-electron chi connectivity index (χ3n) is 9.65. The van der Waals surface area contributed by atoms with Gasteiger partial charge in [0.15, 0.2) is 0 Å². The van der Waals surface area contributed by atoms with Crippen LogP contribution in [0.25, 0.3) is 76.9 Å². The van der Waals surface area contributed by atoms with Gasteiger partial charge in [0.2, 0.25) is 0 Å². The maximum absolute atomic E-state index is 6.52. The number of hydrogen-bond acceptors (Lipinski definition) is 3. The minimum atomic E-state index is 0.858. The number of furan rings is 2. The Morgan fingerprint density at radius 2 is 0.939 bits per heavy atom. The Hall–Kier alpha value is -6.58. The summed E-state index contributed by atoms with van der Waals surface area (Å²) in [5, 5.41) is 6.76. The summed E-state index contributed by atoms with van der Waals surface area (Å²) in [6.07, 6.45) is 0. The lowest BCUT2D eigenvalue weighted by Gasteiger charge is -2.29. The molecule has 0 aliphatic heterocycles. The van der Waals surface area contributed by atoms with Crippen molar-refractivity contribution >= 4 is 71.7 Å². The molecule has 10 rings (SSSR count). The van der Waals surface area contributed by atoms with Crippen molar-refractivity contribution in [1.82, 2.24) is 0 Å². The molecule has 0 N–H and O–H groups in total. The van der Waals surface area contributed by atoms with Gasteiger partial charge in [-0.2, -0.15) is 0 Å². The van der Waals surface area contributed by atoms with Gasteiger partial charge in [-0.05, 0) is 82.1 Å². The predicted octanol–water partition coefficient (Wildman–Crippen LogP) is 13.4. The van der Waals surface area contributed by atoms with Gasteiger partial charge < -0.3 is 13.7 Å². The zero-order valence-corrected chi connectivity index (χ0v) is 26.5. The quantitative estimate of drug-likeness (QED) is 0.190. The summed E-state index contributed by atoms with van der Waals surface area (Å²) < 4.78 is 12.9. The Bertz CT molecular complexity index is 2830. The topological polar surface area (TPSA) is 29.5 Å². The monoisotopic (exact) mass is 627 g/mol. The second-order valence-corrected chi connectivity index (χ2v) is 12.5. The van der Waals surface area contributed by atoms with E-state index >= 15 is 0 Å². The van der Waals surface area contributed by atoms with Crippen LogP contribution in [0.1, 0.15) is 0 Å². The van der Waals surface area contributed by atoms with E-state index in [4.69, 9.17) is 8.83 Å². The molecule has 8 aromatic carbocycles. The van der Waals surface area contributed by atoms with Gasteiger partial charge in [-0.25, -0.2) is 0 Å². The van der Waals surface area contributed by atoms with Gasteiger partial charge in [-0.15, -0.1) is 0 Å². The number of nitrogens with zero attached hydrogens (tertiary/aromatic N) is 1. The number of hydrogen-bond donors (Lipinski definition) is 0. The molecule has 2 heterocycles. The SMILES string of the molecule is c1ccc(-c2ccc(N(c3ccccc3-c3cccc4oc5cc6ccccc6cc5c34)c3cccc4oc5ccccc5c34)cc2)cc1. The summed E-state index contributed by atoms with van der Waals surface area (Å²) in [5.74, 6) is 0. The van der Waals surface area contributed by atoms with Crippen molar-refractivity contribution < 1.29 is 8.83 Å². The molecule has 230 valence electrons. The van der Waals surface area contributed by atoms with E-state index in [-0.39, 0.29) is 0 Å². The summed E-state index contributed by atoms with van der Waals surface area (Å²) in [6.45, 7) is 0. The van der Waals surface area contributed by atoms with Gasteiger partial charge in [-0.3, -0.25) is 0 Å². The third kappa shape index (κ3) is 4.44. The molecule has 3 nitrogen and oxygen atoms in total. The molecule has 0 aliphatic carbocycles. The first-order valence-corrected chi connectivity index (χ1v) is 16.6. The third-order valence-corrected chi connectivity index (χ3v) is 9.65. The van der Waals surface area contributed by atoms with E-state index in [1.807, 2.05) is 12.1 Å². The van der Waals surface area contributed by atoms with Crippen molar-refractivity contribution in [2.45, 2.75) is 0 Å². The smallest absolute Gasteiger partial charge is 0.137 e. The van der Waals surface area contributed by atoms with Crippen LogP contribution in [0.4, 0.5) is 17.1 Å². The van der Waals surface area contributed by atoms with Crippen molar-refractivity contribution in [3.63, 3.8) is 0 Å². The molecule has 0 fully saturated rings. The molecule has 3 heteroatoms. The highest BCUT2D eigenvalue weighted by Gasteiger charge is 2.23. The first kappa shape index (κ1) is 27.5. The predicted molar refractivity (Wildman–Crippen MR) is 204 cm³/mol. The Morgan fingerprint density at radius 3 is 1.80 bits per heavy atom. The van der Waals surface area contributed by atoms with E-state index in [0.717, 1.165) is 72.1 Å². The molecule has 49 heavy (non-hydrogen) atoms. The van der Waals surface area contributed by atoms with E-state index in [9.17, 15) is 0 Å². The highest BCUT2D eigenvalue weighted by molar-refractivity contribution is 6.18. The first-order chi connectivity index (χ1) is 24.3. The van der Waals surface area contributed by atoms with Gasteiger partial charge in [0.05, 0.1) is 16.8 Å². The van der Waals surface area contributed by atoms with Gasteiger partial charge in [0.25, 0.3) is 0 Å². The van der Waals surface area contributed by atoms with Gasteiger partial charge in [0, 0.05) is 27.4 Å². The molecule has 0 saturated carbocycles. The van der Waals surface area contributed by atoms with Gasteiger partial charge in [-0.1, -0.05) is 121 Å². The second-order valence-electron chi connectivity index (χ2n) is 12.5. The van der Waals surface area contributed by atoms with Crippen molar-refractivity contribution in [3.8, 4) is 22.3 Å². The number of benzene rings is 8. The molecule has 2 aromatic heterocycles. The Kier molecular flexibility index (Phi) is 6.18. The molecule has 0 amide bonds. The molecule has 0 saturated heterocycles. The normalized spacial score (nSPS) is 11.7. The first-order valence-electron chi connectivity index (χ1n) is 16.6. The van der Waals surface area contributed by atoms with E-state index in [1.165, 1.54) is 21.9 Å². The Balaban J connectivity index is 1.25. The standard InChI is InChI=1S/C46H29NO2/c1-2-12-30(13-3-1)31-24-26-34(27-25-31)47(40-20-11-23-43-46(40)37-17-7-9-21-41(37)48-43)39-19-8-6-16-35(39)36-18-10-22-42-45(36)38-28-32-14-4-5-15-33(32)29-44(38)49-42/h1-29H. The average molecular weight is 628 g/mol. The van der Waals surface area contributed by atoms with Crippen molar-refractivity contribution in [3.05, 3.63) is 176 Å². The van der Waals surface area contributed by atoms with Gasteiger partial charge in [0.1, 0.15) is 22.3 Å². The van der Waals surface area contributed by atoms with Crippen molar-refractivity contribution in [2.75, 3.05) is 4.90 Å². The molecule has 0 aliphatic rings. The minimum absolute atomic E-state index is 0.858. The van der Waals surface area contributed by atoms with Crippen LogP contribution in [0.5, 0.6) is 0 Å². The molecular weight excluding hydrogens is 599 g/mol. The summed E-state index contributed by atoms with van der Waals surface area (Å²) in [4.78, 5) is 2.38. The summed E-state index contributed by atoms with van der Waals surface area (Å²) in [6, 6.07) is 62.0. The van der Waals surface area contributed by atoms with E-state index in [1.54, 1.807) is 0 Å². The zero-order valence-electron chi connectivity index (χ0n) is 26.5. The van der Waals surface area contributed by atoms with Crippen molar-refractivity contribution in [2.24, 2.45) is 0 Å². The van der Waals surface area contributed by atoms with Crippen LogP contribution in [-0.4, -0.2) is 0 Å². The lowest BCUT2D eigenvalue weighted by Crippen LogP contribution is -2.11. The number of anilines is 3. The van der Waals surface area contributed by atoms with Gasteiger partial charge >= 0.3 is 0 Å². The maximum Gasteiger partial charge on any atom is 0.137 e. The van der Waals surface area contributed by atoms with Crippen LogP contribution < -0.4 is 4.90 Å². The lowest BCUT2D eigenvalue weighted by molar-refractivity contribution is 0.669. The van der Waals surface area contributed by atoms with Crippen LogP contribution in [-0.2, 0) is 0 Å². The van der Waals surface area contributed by atoms with E-state index in [0.29, 0.717) is 0 Å². The maximum atomic E-state index is 6.52. The van der Waals surface area contributed by atoms with Crippen LogP contribution >= 0.6 is 0 Å². The Labute approximate surface area is 282 Å². The molecule has 10 aromatic rings. The van der Waals surface area contributed by atoms with E-state index < -0.39 is 0 Å². The molecule has 0 atom stereocenters. The minimum Gasteiger partial charge on any atom is -0.456 e. The molecule has 0 spiro atoms. The molecule has 0 unspecified atom stereocenters. The summed E-state index contributed by atoms with van der Waals surface area (Å²) >= 11 is 0. The highest BCUT2D eigenvalue weighted by atomic mass is 16.3. The molecule has 0 bridgehead atoms. The number of fused-ring (bicyclic) bond motifs is 7. The van der Waals surface area contributed by atoms with Crippen LogP contribution in [0, 0.1) is 0 Å².